The fourth-order valence-electron chi connectivity index (χ4n) is 1.08. The van der Waals surface area contributed by atoms with Crippen LogP contribution in [0.5, 0.6) is 0 Å². The maximum absolute atomic E-state index is 11.0. The van der Waals surface area contributed by atoms with Gasteiger partial charge in [-0.15, -0.1) is 0 Å². The second kappa shape index (κ2) is 3.91. The van der Waals surface area contributed by atoms with E-state index in [2.05, 4.69) is 9.72 Å². The van der Waals surface area contributed by atoms with Gasteiger partial charge in [0.1, 0.15) is 5.56 Å². The second-order valence-corrected chi connectivity index (χ2v) is 2.75. The number of methoxy groups -OCH3 is 1. The van der Waals surface area contributed by atoms with Gasteiger partial charge in [-0.3, -0.25) is 4.79 Å². The summed E-state index contributed by atoms with van der Waals surface area (Å²) in [5.74, 6) is -1.75. The van der Waals surface area contributed by atoms with E-state index in [0.717, 1.165) is 13.2 Å². The van der Waals surface area contributed by atoms with Crippen LogP contribution in [-0.4, -0.2) is 28.8 Å². The van der Waals surface area contributed by atoms with Gasteiger partial charge < -0.3 is 14.9 Å². The third-order valence-electron chi connectivity index (χ3n) is 1.76. The third kappa shape index (κ3) is 2.01. The lowest BCUT2D eigenvalue weighted by molar-refractivity contribution is -0.389. The minimum absolute atomic E-state index is 0.116. The SMILES string of the molecule is COC(=O)c1cc(C(C)=O)c([N+](=O)[O-])[nH]1. The van der Waals surface area contributed by atoms with E-state index in [9.17, 15) is 19.7 Å². The summed E-state index contributed by atoms with van der Waals surface area (Å²) in [6, 6.07) is 1.10. The van der Waals surface area contributed by atoms with E-state index in [-0.39, 0.29) is 11.3 Å². The van der Waals surface area contributed by atoms with E-state index in [0.29, 0.717) is 0 Å². The quantitative estimate of drug-likeness (QED) is 0.347. The van der Waals surface area contributed by atoms with Crippen LogP contribution in [-0.2, 0) is 4.74 Å². The highest BCUT2D eigenvalue weighted by molar-refractivity contribution is 6.00. The van der Waals surface area contributed by atoms with Crippen LogP contribution in [0, 0.1) is 10.1 Å². The molecule has 7 heteroatoms. The maximum Gasteiger partial charge on any atom is 0.378 e. The van der Waals surface area contributed by atoms with Gasteiger partial charge in [0.05, 0.1) is 7.11 Å². The Morgan fingerprint density at radius 2 is 2.13 bits per heavy atom. The topological polar surface area (TPSA) is 102 Å². The molecule has 0 aliphatic carbocycles. The summed E-state index contributed by atoms with van der Waals surface area (Å²) in [6.07, 6.45) is 0. The van der Waals surface area contributed by atoms with Crippen molar-refractivity contribution in [1.29, 1.82) is 0 Å². The van der Waals surface area contributed by atoms with E-state index in [4.69, 9.17) is 0 Å². The Morgan fingerprint density at radius 3 is 2.47 bits per heavy atom. The number of ketones is 1. The van der Waals surface area contributed by atoms with Crippen LogP contribution < -0.4 is 0 Å². The highest BCUT2D eigenvalue weighted by atomic mass is 16.6. The van der Waals surface area contributed by atoms with Crippen molar-refractivity contribution >= 4 is 17.6 Å². The van der Waals surface area contributed by atoms with Crippen molar-refractivity contribution in [2.45, 2.75) is 6.92 Å². The Labute approximate surface area is 84.2 Å². The largest absolute Gasteiger partial charge is 0.463 e. The van der Waals surface area contributed by atoms with E-state index >= 15 is 0 Å². The molecule has 0 spiro atoms. The molecule has 0 fully saturated rings. The number of aromatic nitrogens is 1. The van der Waals surface area contributed by atoms with E-state index < -0.39 is 22.5 Å². The average Bonchev–Trinajstić information content (AvgIpc) is 2.61. The molecule has 7 nitrogen and oxygen atoms in total. The molecule has 0 aliphatic heterocycles. The minimum Gasteiger partial charge on any atom is -0.463 e. The van der Waals surface area contributed by atoms with Crippen molar-refractivity contribution in [2.75, 3.05) is 7.11 Å². The van der Waals surface area contributed by atoms with Crippen molar-refractivity contribution in [1.82, 2.24) is 4.98 Å². The Bertz CT molecular complexity index is 403. The molecule has 0 saturated carbocycles. The summed E-state index contributed by atoms with van der Waals surface area (Å²) in [5.41, 5.74) is -0.255. The number of H-pyrrole nitrogens is 1. The number of carbonyl (C=O) groups excluding carboxylic acids is 2. The number of carbonyl (C=O) groups is 2. The van der Waals surface area contributed by atoms with Gasteiger partial charge in [-0.2, -0.15) is 0 Å². The molecule has 0 unspecified atom stereocenters. The molecule has 80 valence electrons. The molecule has 1 heterocycles. The summed E-state index contributed by atoms with van der Waals surface area (Å²) in [6.45, 7) is 1.18. The molecule has 1 aromatic rings. The Hall–Kier alpha value is -2.18. The molecular formula is C8H8N2O5. The maximum atomic E-state index is 11.0. The number of aromatic amines is 1. The number of nitro groups is 1. The number of nitrogens with zero attached hydrogens (tertiary/aromatic N) is 1. The first-order chi connectivity index (χ1) is 6.97. The Balaban J connectivity index is 3.27. The van der Waals surface area contributed by atoms with Crippen molar-refractivity contribution in [3.8, 4) is 0 Å². The number of hydrogen-bond donors (Lipinski definition) is 1. The van der Waals surface area contributed by atoms with E-state index in [1.54, 1.807) is 0 Å². The van der Waals surface area contributed by atoms with Crippen LogP contribution in [0.3, 0.4) is 0 Å². The number of hydrogen-bond acceptors (Lipinski definition) is 5. The van der Waals surface area contributed by atoms with Gasteiger partial charge >= 0.3 is 11.8 Å². The molecule has 0 amide bonds. The molecule has 0 aromatic carbocycles. The molecule has 1 aromatic heterocycles. The monoisotopic (exact) mass is 212 g/mol. The van der Waals surface area contributed by atoms with Gasteiger partial charge in [-0.25, -0.2) is 9.78 Å². The van der Waals surface area contributed by atoms with Gasteiger partial charge in [0.15, 0.2) is 5.78 Å². The zero-order valence-corrected chi connectivity index (χ0v) is 8.07. The molecule has 0 radical (unpaired) electrons. The highest BCUT2D eigenvalue weighted by Gasteiger charge is 2.24. The standard InChI is InChI=1S/C8H8N2O5/c1-4(11)5-3-6(8(12)15-2)9-7(5)10(13)14/h3,9H,1-2H3. The first-order valence-electron chi connectivity index (χ1n) is 3.94. The predicted octanol–water partition coefficient (Wildman–Crippen LogP) is 0.912. The summed E-state index contributed by atoms with van der Waals surface area (Å²) in [7, 11) is 1.14. The lowest BCUT2D eigenvalue weighted by atomic mass is 10.2. The average molecular weight is 212 g/mol. The number of esters is 1. The molecule has 1 rings (SSSR count). The first kappa shape index (κ1) is 10.9. The zero-order chi connectivity index (χ0) is 11.6. The smallest absolute Gasteiger partial charge is 0.378 e. The van der Waals surface area contributed by atoms with Gasteiger partial charge in [0.2, 0.25) is 5.69 Å². The van der Waals surface area contributed by atoms with Crippen molar-refractivity contribution in [3.63, 3.8) is 0 Å². The lowest BCUT2D eigenvalue weighted by Crippen LogP contribution is -2.01. The Kier molecular flexibility index (Phi) is 2.84. The first-order valence-corrected chi connectivity index (χ1v) is 3.94. The molecule has 0 bridgehead atoms. The number of ether oxygens (including phenoxy) is 1. The van der Waals surface area contributed by atoms with Crippen LogP contribution in [0.25, 0.3) is 0 Å². The highest BCUT2D eigenvalue weighted by Crippen LogP contribution is 2.19. The van der Waals surface area contributed by atoms with Gasteiger partial charge in [0, 0.05) is 6.07 Å². The molecule has 15 heavy (non-hydrogen) atoms. The lowest BCUT2D eigenvalue weighted by Gasteiger charge is -1.92. The van der Waals surface area contributed by atoms with Gasteiger partial charge in [0.25, 0.3) is 0 Å². The molecule has 0 aliphatic rings. The van der Waals surface area contributed by atoms with Gasteiger partial charge in [-0.05, 0) is 11.8 Å². The molecule has 0 saturated heterocycles. The van der Waals surface area contributed by atoms with Crippen LogP contribution in [0.15, 0.2) is 6.07 Å². The van der Waals surface area contributed by atoms with Crippen molar-refractivity contribution in [3.05, 3.63) is 27.4 Å². The summed E-state index contributed by atoms with van der Waals surface area (Å²) in [4.78, 5) is 34.0. The second-order valence-electron chi connectivity index (χ2n) is 2.75. The van der Waals surface area contributed by atoms with Crippen LogP contribution in [0.1, 0.15) is 27.8 Å². The summed E-state index contributed by atoms with van der Waals surface area (Å²) < 4.78 is 4.36. The molecule has 1 N–H and O–H groups in total. The van der Waals surface area contributed by atoms with E-state index in [1.165, 1.54) is 6.92 Å². The summed E-state index contributed by atoms with van der Waals surface area (Å²) in [5, 5.41) is 10.5. The number of nitrogens with one attached hydrogen (secondary N) is 1. The van der Waals surface area contributed by atoms with Crippen LogP contribution in [0.4, 0.5) is 5.82 Å². The van der Waals surface area contributed by atoms with Crippen LogP contribution in [0.2, 0.25) is 0 Å². The minimum atomic E-state index is -0.761. The van der Waals surface area contributed by atoms with Crippen molar-refractivity contribution < 1.29 is 19.2 Å². The third-order valence-corrected chi connectivity index (χ3v) is 1.76. The number of rotatable bonds is 3. The fraction of sp³-hybridized carbons (Fsp3) is 0.250. The number of Topliss-reactive ketones (excluding diaryl/α,β-unsaturated/α-hetero) is 1. The fourth-order valence-corrected chi connectivity index (χ4v) is 1.08. The molecular weight excluding hydrogens is 204 g/mol. The van der Waals surface area contributed by atoms with E-state index in [1.807, 2.05) is 0 Å². The van der Waals surface area contributed by atoms with Crippen LogP contribution >= 0.6 is 0 Å². The van der Waals surface area contributed by atoms with Gasteiger partial charge in [-0.1, -0.05) is 0 Å². The zero-order valence-electron chi connectivity index (χ0n) is 8.07. The summed E-state index contributed by atoms with van der Waals surface area (Å²) >= 11 is 0. The predicted molar refractivity (Wildman–Crippen MR) is 48.8 cm³/mol. The molecule has 0 atom stereocenters. The Morgan fingerprint density at radius 1 is 1.53 bits per heavy atom. The normalized spacial score (nSPS) is 9.73. The van der Waals surface area contributed by atoms with Crippen molar-refractivity contribution in [2.24, 2.45) is 0 Å².